The van der Waals surface area contributed by atoms with Crippen molar-refractivity contribution in [2.45, 2.75) is 12.7 Å². The van der Waals surface area contributed by atoms with E-state index in [-0.39, 0.29) is 43.0 Å². The molecule has 0 aromatic heterocycles. The highest BCUT2D eigenvalue weighted by Gasteiger charge is 2.29. The molecule has 9 heteroatoms. The van der Waals surface area contributed by atoms with Crippen LogP contribution in [0.4, 0.5) is 18.9 Å². The zero-order valence-electron chi connectivity index (χ0n) is 14.5. The van der Waals surface area contributed by atoms with Gasteiger partial charge in [0.25, 0.3) is 0 Å². The molecule has 2 aromatic carbocycles. The van der Waals surface area contributed by atoms with E-state index in [1.54, 1.807) is 12.1 Å². The number of nitrogens with one attached hydrogen (secondary N) is 3. The molecule has 0 radical (unpaired) electrons. The van der Waals surface area contributed by atoms with Crippen LogP contribution in [0.15, 0.2) is 59.6 Å². The summed E-state index contributed by atoms with van der Waals surface area (Å²) in [7, 11) is 1.54. The van der Waals surface area contributed by atoms with Gasteiger partial charge in [-0.05, 0) is 29.8 Å². The van der Waals surface area contributed by atoms with Crippen LogP contribution >= 0.6 is 24.0 Å². The van der Waals surface area contributed by atoms with Gasteiger partial charge >= 0.3 is 6.18 Å². The number of anilines is 1. The Balaban J connectivity index is 0.00000364. The fourth-order valence-corrected chi connectivity index (χ4v) is 2.11. The van der Waals surface area contributed by atoms with Crippen molar-refractivity contribution in [2.24, 2.45) is 4.99 Å². The Morgan fingerprint density at radius 3 is 2.19 bits per heavy atom. The molecule has 2 aromatic rings. The van der Waals surface area contributed by atoms with Crippen LogP contribution in [0.5, 0.6) is 0 Å². The first-order valence-electron chi connectivity index (χ1n) is 7.84. The third-order valence-electron chi connectivity index (χ3n) is 3.44. The van der Waals surface area contributed by atoms with E-state index in [1.807, 2.05) is 18.2 Å². The lowest BCUT2D eigenvalue weighted by Crippen LogP contribution is -2.41. The van der Waals surface area contributed by atoms with E-state index >= 15 is 0 Å². The third-order valence-corrected chi connectivity index (χ3v) is 3.44. The molecule has 27 heavy (non-hydrogen) atoms. The van der Waals surface area contributed by atoms with Crippen molar-refractivity contribution in [2.75, 3.05) is 18.9 Å². The molecule has 0 atom stereocenters. The smallest absolute Gasteiger partial charge is 0.352 e. The number of alkyl halides is 3. The van der Waals surface area contributed by atoms with Crippen molar-refractivity contribution in [1.82, 2.24) is 10.6 Å². The first-order chi connectivity index (χ1) is 12.4. The Hall–Kier alpha value is -2.30. The highest BCUT2D eigenvalue weighted by molar-refractivity contribution is 14.0. The zero-order chi connectivity index (χ0) is 19.0. The molecule has 0 bridgehead atoms. The summed E-state index contributed by atoms with van der Waals surface area (Å²) in [6.07, 6.45) is -4.35. The van der Waals surface area contributed by atoms with Gasteiger partial charge in [0.15, 0.2) is 5.96 Å². The van der Waals surface area contributed by atoms with E-state index in [1.165, 1.54) is 19.2 Å². The number of carbonyl (C=O) groups is 1. The summed E-state index contributed by atoms with van der Waals surface area (Å²) in [5, 5.41) is 8.51. The SMILES string of the molecule is CN=C(NCC(=O)Nc1ccccc1)NCc1ccc(C(F)(F)F)cc1.I. The molecule has 0 aliphatic carbocycles. The summed E-state index contributed by atoms with van der Waals surface area (Å²) >= 11 is 0. The topological polar surface area (TPSA) is 65.5 Å². The van der Waals surface area contributed by atoms with Crippen molar-refractivity contribution in [1.29, 1.82) is 0 Å². The van der Waals surface area contributed by atoms with Crippen LogP contribution in [0, 0.1) is 0 Å². The van der Waals surface area contributed by atoms with Gasteiger partial charge in [-0.3, -0.25) is 9.79 Å². The summed E-state index contributed by atoms with van der Waals surface area (Å²) in [5.74, 6) is 0.127. The van der Waals surface area contributed by atoms with Crippen LogP contribution < -0.4 is 16.0 Å². The Morgan fingerprint density at radius 1 is 1.00 bits per heavy atom. The molecule has 0 spiro atoms. The van der Waals surface area contributed by atoms with Crippen LogP contribution in [0.1, 0.15) is 11.1 Å². The predicted octanol–water partition coefficient (Wildman–Crippen LogP) is 3.63. The van der Waals surface area contributed by atoms with Crippen molar-refractivity contribution in [3.8, 4) is 0 Å². The largest absolute Gasteiger partial charge is 0.416 e. The Morgan fingerprint density at radius 2 is 1.63 bits per heavy atom. The second kappa shape index (κ2) is 10.8. The Bertz CT molecular complexity index is 749. The standard InChI is InChI=1S/C18H19F3N4O.HI/c1-22-17(24-12-16(26)25-15-5-3-2-4-6-15)23-11-13-7-9-14(10-8-13)18(19,20)21;/h2-10H,11-12H2,1H3,(H,25,26)(H2,22,23,24);1H. The number of hydrogen-bond donors (Lipinski definition) is 3. The van der Waals surface area contributed by atoms with Gasteiger partial charge in [0.05, 0.1) is 12.1 Å². The van der Waals surface area contributed by atoms with E-state index in [4.69, 9.17) is 0 Å². The van der Waals surface area contributed by atoms with Crippen molar-refractivity contribution < 1.29 is 18.0 Å². The number of nitrogens with zero attached hydrogens (tertiary/aromatic N) is 1. The number of para-hydroxylation sites is 1. The lowest BCUT2D eigenvalue weighted by Gasteiger charge is -2.13. The maximum absolute atomic E-state index is 12.5. The zero-order valence-corrected chi connectivity index (χ0v) is 16.8. The number of carbonyl (C=O) groups excluding carboxylic acids is 1. The molecule has 0 saturated heterocycles. The lowest BCUT2D eigenvalue weighted by atomic mass is 10.1. The van der Waals surface area contributed by atoms with Crippen molar-refractivity contribution >= 4 is 41.5 Å². The predicted molar refractivity (Wildman–Crippen MR) is 110 cm³/mol. The number of halogens is 4. The summed E-state index contributed by atoms with van der Waals surface area (Å²) < 4.78 is 37.6. The third kappa shape index (κ3) is 7.85. The van der Waals surface area contributed by atoms with Crippen LogP contribution in [0.2, 0.25) is 0 Å². The lowest BCUT2D eigenvalue weighted by molar-refractivity contribution is -0.137. The van der Waals surface area contributed by atoms with E-state index in [9.17, 15) is 18.0 Å². The van der Waals surface area contributed by atoms with E-state index in [2.05, 4.69) is 20.9 Å². The first kappa shape index (κ1) is 22.7. The molecule has 0 aliphatic rings. The number of aliphatic imine (C=N–C) groups is 1. The Labute approximate surface area is 172 Å². The van der Waals surface area contributed by atoms with E-state index in [0.717, 1.165) is 12.1 Å². The number of rotatable bonds is 5. The van der Waals surface area contributed by atoms with Crippen LogP contribution in [0.3, 0.4) is 0 Å². The van der Waals surface area contributed by atoms with Gasteiger partial charge in [0, 0.05) is 19.3 Å². The molecule has 5 nitrogen and oxygen atoms in total. The molecule has 0 fully saturated rings. The second-order valence-corrected chi connectivity index (χ2v) is 5.39. The monoisotopic (exact) mass is 492 g/mol. The first-order valence-corrected chi connectivity index (χ1v) is 7.84. The number of benzene rings is 2. The van der Waals surface area contributed by atoms with Gasteiger partial charge < -0.3 is 16.0 Å². The normalized spacial score (nSPS) is 11.3. The minimum absolute atomic E-state index is 0. The van der Waals surface area contributed by atoms with E-state index in [0.29, 0.717) is 17.2 Å². The van der Waals surface area contributed by atoms with Gasteiger partial charge in [-0.1, -0.05) is 30.3 Å². The summed E-state index contributed by atoms with van der Waals surface area (Å²) in [6, 6.07) is 13.9. The molecule has 1 amide bonds. The minimum Gasteiger partial charge on any atom is -0.352 e. The number of amides is 1. The molecule has 0 aliphatic heterocycles. The van der Waals surface area contributed by atoms with Crippen LogP contribution in [-0.4, -0.2) is 25.5 Å². The number of guanidine groups is 1. The van der Waals surface area contributed by atoms with E-state index < -0.39 is 11.7 Å². The average molecular weight is 492 g/mol. The molecule has 2 rings (SSSR count). The molecule has 3 N–H and O–H groups in total. The molecular formula is C18H20F3IN4O. The van der Waals surface area contributed by atoms with Crippen LogP contribution in [0.25, 0.3) is 0 Å². The number of hydrogen-bond acceptors (Lipinski definition) is 2. The minimum atomic E-state index is -4.35. The summed E-state index contributed by atoms with van der Waals surface area (Å²) in [4.78, 5) is 15.8. The van der Waals surface area contributed by atoms with Crippen LogP contribution in [-0.2, 0) is 17.5 Å². The van der Waals surface area contributed by atoms with Gasteiger partial charge in [-0.25, -0.2) is 0 Å². The average Bonchev–Trinajstić information content (AvgIpc) is 2.62. The quantitative estimate of drug-likeness (QED) is 0.340. The van der Waals surface area contributed by atoms with Crippen molar-refractivity contribution in [3.63, 3.8) is 0 Å². The fraction of sp³-hybridized carbons (Fsp3) is 0.222. The molecule has 0 heterocycles. The highest BCUT2D eigenvalue weighted by Crippen LogP contribution is 2.28. The Kier molecular flexibility index (Phi) is 9.06. The molecular weight excluding hydrogens is 472 g/mol. The maximum atomic E-state index is 12.5. The van der Waals surface area contributed by atoms with Crippen molar-refractivity contribution in [3.05, 3.63) is 65.7 Å². The summed E-state index contributed by atoms with van der Waals surface area (Å²) in [6.45, 7) is 0.277. The van der Waals surface area contributed by atoms with Gasteiger partial charge in [-0.15, -0.1) is 24.0 Å². The molecule has 146 valence electrons. The summed E-state index contributed by atoms with van der Waals surface area (Å²) in [5.41, 5.74) is 0.656. The van der Waals surface area contributed by atoms with Gasteiger partial charge in [0.1, 0.15) is 0 Å². The molecule has 0 unspecified atom stereocenters. The van der Waals surface area contributed by atoms with Gasteiger partial charge in [-0.2, -0.15) is 13.2 Å². The highest BCUT2D eigenvalue weighted by atomic mass is 127. The molecule has 0 saturated carbocycles. The van der Waals surface area contributed by atoms with Gasteiger partial charge in [0.2, 0.25) is 5.91 Å². The maximum Gasteiger partial charge on any atom is 0.416 e. The fourth-order valence-electron chi connectivity index (χ4n) is 2.11. The second-order valence-electron chi connectivity index (χ2n) is 5.39.